The number of aromatic nitrogens is 1. The highest BCUT2D eigenvalue weighted by atomic mass is 16.5. The number of methoxy groups -OCH3 is 1. The van der Waals surface area contributed by atoms with Gasteiger partial charge < -0.3 is 9.84 Å². The molecule has 0 saturated carbocycles. The van der Waals surface area contributed by atoms with Crippen LogP contribution in [0.2, 0.25) is 0 Å². The number of phenolic OH excluding ortho intramolecular Hbond substituents is 1. The van der Waals surface area contributed by atoms with E-state index in [1.807, 2.05) is 6.92 Å². The van der Waals surface area contributed by atoms with Crippen LogP contribution in [0.1, 0.15) is 21.5 Å². The predicted molar refractivity (Wildman–Crippen MR) is 66.1 cm³/mol. The van der Waals surface area contributed by atoms with Crippen LogP contribution in [-0.2, 0) is 0 Å². The van der Waals surface area contributed by atoms with Crippen LogP contribution in [0, 0.1) is 6.92 Å². The Morgan fingerprint density at radius 1 is 1.22 bits per heavy atom. The minimum Gasteiger partial charge on any atom is -0.504 e. The number of ether oxygens (including phenoxy) is 1. The van der Waals surface area contributed by atoms with Gasteiger partial charge in [-0.2, -0.15) is 0 Å². The van der Waals surface area contributed by atoms with Crippen molar-refractivity contribution in [3.05, 3.63) is 41.1 Å². The maximum absolute atomic E-state index is 12.3. The van der Waals surface area contributed by atoms with Crippen molar-refractivity contribution in [1.82, 2.24) is 4.98 Å². The minimum absolute atomic E-state index is 0.0141. The molecule has 0 spiro atoms. The van der Waals surface area contributed by atoms with Crippen LogP contribution in [0.25, 0.3) is 11.3 Å². The van der Waals surface area contributed by atoms with Crippen molar-refractivity contribution < 1.29 is 14.6 Å². The van der Waals surface area contributed by atoms with Crippen molar-refractivity contribution in [3.63, 3.8) is 0 Å². The quantitative estimate of drug-likeness (QED) is 0.710. The van der Waals surface area contributed by atoms with Crippen LogP contribution in [-0.4, -0.2) is 23.0 Å². The van der Waals surface area contributed by atoms with Gasteiger partial charge in [0.1, 0.15) is 0 Å². The highest BCUT2D eigenvalue weighted by Gasteiger charge is 2.33. The van der Waals surface area contributed by atoms with Gasteiger partial charge in [-0.1, -0.05) is 0 Å². The largest absolute Gasteiger partial charge is 0.504 e. The van der Waals surface area contributed by atoms with E-state index in [-0.39, 0.29) is 11.5 Å². The third-order valence-electron chi connectivity index (χ3n) is 3.21. The van der Waals surface area contributed by atoms with Crippen molar-refractivity contribution in [2.45, 2.75) is 6.92 Å². The number of carbonyl (C=O) groups is 1. The Bertz CT molecular complexity index is 677. The third-order valence-corrected chi connectivity index (χ3v) is 3.21. The minimum atomic E-state index is -0.0658. The average Bonchev–Trinajstić information content (AvgIpc) is 2.65. The fraction of sp³-hybridized carbons (Fsp3) is 0.143. The van der Waals surface area contributed by atoms with E-state index in [2.05, 4.69) is 4.98 Å². The van der Waals surface area contributed by atoms with Gasteiger partial charge in [-0.3, -0.25) is 9.78 Å². The van der Waals surface area contributed by atoms with Crippen molar-refractivity contribution in [3.8, 4) is 22.8 Å². The predicted octanol–water partition coefficient (Wildman–Crippen LogP) is 2.32. The molecule has 1 heterocycles. The van der Waals surface area contributed by atoms with Crippen LogP contribution in [0.5, 0.6) is 11.5 Å². The lowest BCUT2D eigenvalue weighted by molar-refractivity contribution is 0.104. The molecule has 1 aromatic carbocycles. The van der Waals surface area contributed by atoms with E-state index >= 15 is 0 Å². The lowest BCUT2D eigenvalue weighted by Gasteiger charge is -2.08. The first-order valence-corrected chi connectivity index (χ1v) is 5.55. The number of hydrogen-bond acceptors (Lipinski definition) is 4. The Hall–Kier alpha value is -2.36. The highest BCUT2D eigenvalue weighted by Crippen LogP contribution is 2.46. The highest BCUT2D eigenvalue weighted by molar-refractivity contribution is 6.22. The summed E-state index contributed by atoms with van der Waals surface area (Å²) in [5, 5.41) is 9.79. The van der Waals surface area contributed by atoms with Crippen LogP contribution >= 0.6 is 0 Å². The molecular formula is C14H11NO3. The standard InChI is InChI=1S/C14H11NO3/c1-7-5-6-15-12-10(7)13(17)8-3-4-9(16)14(18-2)11(8)12/h3-6,16H,1-2H3. The molecule has 2 aromatic rings. The summed E-state index contributed by atoms with van der Waals surface area (Å²) in [4.78, 5) is 16.6. The maximum atomic E-state index is 12.3. The van der Waals surface area contributed by atoms with E-state index in [1.54, 1.807) is 18.3 Å². The van der Waals surface area contributed by atoms with Crippen molar-refractivity contribution in [2.24, 2.45) is 0 Å². The summed E-state index contributed by atoms with van der Waals surface area (Å²) < 4.78 is 5.19. The number of pyridine rings is 1. The summed E-state index contributed by atoms with van der Waals surface area (Å²) >= 11 is 0. The third kappa shape index (κ3) is 1.20. The van der Waals surface area contributed by atoms with Gasteiger partial charge in [0, 0.05) is 11.8 Å². The van der Waals surface area contributed by atoms with Gasteiger partial charge in [-0.25, -0.2) is 0 Å². The molecular weight excluding hydrogens is 230 g/mol. The summed E-state index contributed by atoms with van der Waals surface area (Å²) in [5.41, 5.74) is 3.17. The molecule has 1 N–H and O–H groups in total. The molecule has 0 unspecified atom stereocenters. The summed E-state index contributed by atoms with van der Waals surface area (Å²) in [6.07, 6.45) is 1.65. The second-order valence-corrected chi connectivity index (χ2v) is 4.22. The van der Waals surface area contributed by atoms with Crippen molar-refractivity contribution >= 4 is 5.78 Å². The number of phenols is 1. The number of hydrogen-bond donors (Lipinski definition) is 1. The van der Waals surface area contributed by atoms with Crippen LogP contribution < -0.4 is 4.74 Å². The van der Waals surface area contributed by atoms with Gasteiger partial charge >= 0.3 is 0 Å². The molecule has 90 valence electrons. The summed E-state index contributed by atoms with van der Waals surface area (Å²) in [6, 6.07) is 4.88. The number of ketones is 1. The second-order valence-electron chi connectivity index (χ2n) is 4.22. The van der Waals surface area contributed by atoms with Crippen LogP contribution in [0.4, 0.5) is 0 Å². The van der Waals surface area contributed by atoms with Gasteiger partial charge in [0.15, 0.2) is 17.3 Å². The lowest BCUT2D eigenvalue weighted by Crippen LogP contribution is -1.98. The SMILES string of the molecule is COc1c(O)ccc2c1-c1nccc(C)c1C2=O. The molecule has 18 heavy (non-hydrogen) atoms. The summed E-state index contributed by atoms with van der Waals surface area (Å²) in [6.45, 7) is 1.87. The number of benzene rings is 1. The van der Waals surface area contributed by atoms with E-state index in [1.165, 1.54) is 13.2 Å². The van der Waals surface area contributed by atoms with Crippen molar-refractivity contribution in [1.29, 1.82) is 0 Å². The molecule has 4 nitrogen and oxygen atoms in total. The molecule has 0 fully saturated rings. The zero-order chi connectivity index (χ0) is 12.9. The molecule has 1 aliphatic rings. The van der Waals surface area contributed by atoms with Gasteiger partial charge in [-0.15, -0.1) is 0 Å². The molecule has 0 aliphatic heterocycles. The summed E-state index contributed by atoms with van der Waals surface area (Å²) in [7, 11) is 1.47. The molecule has 0 bridgehead atoms. The lowest BCUT2D eigenvalue weighted by atomic mass is 10.1. The Morgan fingerprint density at radius 2 is 2.00 bits per heavy atom. The Kier molecular flexibility index (Phi) is 2.13. The number of carbonyl (C=O) groups excluding carboxylic acids is 1. The fourth-order valence-electron chi connectivity index (χ4n) is 2.37. The van der Waals surface area contributed by atoms with Gasteiger partial charge in [0.25, 0.3) is 0 Å². The van der Waals surface area contributed by atoms with E-state index < -0.39 is 0 Å². The van der Waals surface area contributed by atoms with Gasteiger partial charge in [0.05, 0.1) is 23.9 Å². The molecule has 1 aromatic heterocycles. The normalized spacial score (nSPS) is 12.2. The van der Waals surface area contributed by atoms with E-state index in [9.17, 15) is 9.90 Å². The average molecular weight is 241 g/mol. The monoisotopic (exact) mass is 241 g/mol. The fourth-order valence-corrected chi connectivity index (χ4v) is 2.37. The van der Waals surface area contributed by atoms with E-state index in [4.69, 9.17) is 4.74 Å². The number of nitrogens with zero attached hydrogens (tertiary/aromatic N) is 1. The molecule has 0 radical (unpaired) electrons. The topological polar surface area (TPSA) is 59.4 Å². The first-order chi connectivity index (χ1) is 8.65. The van der Waals surface area contributed by atoms with E-state index in [0.29, 0.717) is 28.1 Å². The number of fused-ring (bicyclic) bond motifs is 3. The molecule has 4 heteroatoms. The molecule has 1 aliphatic carbocycles. The molecule has 0 saturated heterocycles. The molecule has 0 amide bonds. The second kappa shape index (κ2) is 3.57. The van der Waals surface area contributed by atoms with Gasteiger partial charge in [0.2, 0.25) is 0 Å². The number of rotatable bonds is 1. The smallest absolute Gasteiger partial charge is 0.196 e. The summed E-state index contributed by atoms with van der Waals surface area (Å²) in [5.74, 6) is 0.252. The number of aryl methyl sites for hydroxylation is 1. The van der Waals surface area contributed by atoms with Crippen LogP contribution in [0.3, 0.4) is 0 Å². The van der Waals surface area contributed by atoms with E-state index in [0.717, 1.165) is 5.56 Å². The van der Waals surface area contributed by atoms with Crippen molar-refractivity contribution in [2.75, 3.05) is 7.11 Å². The zero-order valence-corrected chi connectivity index (χ0v) is 10.0. The molecule has 3 rings (SSSR count). The maximum Gasteiger partial charge on any atom is 0.196 e. The zero-order valence-electron chi connectivity index (χ0n) is 10.0. The first kappa shape index (κ1) is 10.8. The van der Waals surface area contributed by atoms with Gasteiger partial charge in [-0.05, 0) is 30.7 Å². The Labute approximate surface area is 104 Å². The molecule has 0 atom stereocenters. The van der Waals surface area contributed by atoms with Crippen LogP contribution in [0.15, 0.2) is 24.4 Å². The Balaban J connectivity index is 2.43. The number of aromatic hydroxyl groups is 1. The Morgan fingerprint density at radius 3 is 2.72 bits per heavy atom. The first-order valence-electron chi connectivity index (χ1n) is 5.55.